The van der Waals surface area contributed by atoms with Crippen LogP contribution in [0.15, 0.2) is 24.3 Å². The number of nitrogens with zero attached hydrogens (tertiary/aromatic N) is 1. The SMILES string of the molecule is CCc1ccc(C(=S)N2CCCC2)cc1. The molecule has 15 heavy (non-hydrogen) atoms. The molecule has 1 aromatic rings. The van der Waals surface area contributed by atoms with Crippen molar-refractivity contribution in [3.05, 3.63) is 35.4 Å². The molecule has 1 nitrogen and oxygen atoms in total. The standard InChI is InChI=1S/C13H17NS/c1-2-11-5-7-12(8-6-11)13(15)14-9-3-4-10-14/h5-8H,2-4,9-10H2,1H3. The molecule has 0 amide bonds. The largest absolute Gasteiger partial charge is 0.362 e. The lowest BCUT2D eigenvalue weighted by Gasteiger charge is -2.18. The molecule has 0 N–H and O–H groups in total. The summed E-state index contributed by atoms with van der Waals surface area (Å²) < 4.78 is 0. The van der Waals surface area contributed by atoms with E-state index in [1.807, 2.05) is 0 Å². The molecule has 1 heterocycles. The number of aryl methyl sites for hydroxylation is 1. The van der Waals surface area contributed by atoms with Crippen LogP contribution in [0.2, 0.25) is 0 Å². The van der Waals surface area contributed by atoms with Gasteiger partial charge >= 0.3 is 0 Å². The molecular weight excluding hydrogens is 202 g/mol. The highest BCUT2D eigenvalue weighted by Crippen LogP contribution is 2.14. The van der Waals surface area contributed by atoms with Crippen molar-refractivity contribution < 1.29 is 0 Å². The van der Waals surface area contributed by atoms with Gasteiger partial charge in [-0.3, -0.25) is 0 Å². The van der Waals surface area contributed by atoms with Crippen molar-refractivity contribution in [3.8, 4) is 0 Å². The Labute approximate surface area is 97.1 Å². The summed E-state index contributed by atoms with van der Waals surface area (Å²) in [7, 11) is 0. The molecule has 0 radical (unpaired) electrons. The summed E-state index contributed by atoms with van der Waals surface area (Å²) in [6.07, 6.45) is 3.66. The van der Waals surface area contributed by atoms with Gasteiger partial charge in [0.1, 0.15) is 4.99 Å². The molecule has 0 bridgehead atoms. The monoisotopic (exact) mass is 219 g/mol. The van der Waals surface area contributed by atoms with Gasteiger partial charge in [0.05, 0.1) is 0 Å². The van der Waals surface area contributed by atoms with E-state index in [9.17, 15) is 0 Å². The zero-order chi connectivity index (χ0) is 10.7. The van der Waals surface area contributed by atoms with Gasteiger partial charge in [0.2, 0.25) is 0 Å². The van der Waals surface area contributed by atoms with E-state index in [-0.39, 0.29) is 0 Å². The highest BCUT2D eigenvalue weighted by Gasteiger charge is 2.15. The van der Waals surface area contributed by atoms with E-state index >= 15 is 0 Å². The maximum atomic E-state index is 5.49. The minimum atomic E-state index is 1.02. The number of rotatable bonds is 2. The Bertz CT molecular complexity index is 336. The van der Waals surface area contributed by atoms with Crippen LogP contribution in [0, 0.1) is 0 Å². The zero-order valence-electron chi connectivity index (χ0n) is 9.20. The van der Waals surface area contributed by atoms with Gasteiger partial charge in [0.25, 0.3) is 0 Å². The molecule has 0 atom stereocenters. The molecule has 0 saturated carbocycles. The Morgan fingerprint density at radius 2 is 1.80 bits per heavy atom. The topological polar surface area (TPSA) is 3.24 Å². The van der Waals surface area contributed by atoms with E-state index in [4.69, 9.17) is 12.2 Å². The highest BCUT2D eigenvalue weighted by molar-refractivity contribution is 7.80. The van der Waals surface area contributed by atoms with E-state index < -0.39 is 0 Å². The van der Waals surface area contributed by atoms with Gasteiger partial charge in [-0.25, -0.2) is 0 Å². The molecule has 2 heteroatoms. The number of hydrogen-bond donors (Lipinski definition) is 0. The third-order valence-corrected chi connectivity index (χ3v) is 3.50. The quantitative estimate of drug-likeness (QED) is 0.703. The first-order valence-corrected chi connectivity index (χ1v) is 6.10. The van der Waals surface area contributed by atoms with Crippen molar-refractivity contribution in [1.29, 1.82) is 0 Å². The van der Waals surface area contributed by atoms with Gasteiger partial charge in [0.15, 0.2) is 0 Å². The minimum Gasteiger partial charge on any atom is -0.362 e. The van der Waals surface area contributed by atoms with Crippen LogP contribution in [0.4, 0.5) is 0 Å². The lowest BCUT2D eigenvalue weighted by molar-refractivity contribution is 0.530. The molecule has 0 spiro atoms. The third kappa shape index (κ3) is 2.37. The fraction of sp³-hybridized carbons (Fsp3) is 0.462. The molecule has 1 fully saturated rings. The third-order valence-electron chi connectivity index (χ3n) is 3.00. The second-order valence-electron chi connectivity index (χ2n) is 4.05. The van der Waals surface area contributed by atoms with Crippen LogP contribution in [0.5, 0.6) is 0 Å². The van der Waals surface area contributed by atoms with Crippen molar-refractivity contribution in [3.63, 3.8) is 0 Å². The fourth-order valence-corrected chi connectivity index (χ4v) is 2.30. The second-order valence-corrected chi connectivity index (χ2v) is 4.44. The molecular formula is C13H17NS. The molecule has 0 unspecified atom stereocenters. The number of thiocarbonyl (C=S) groups is 1. The van der Waals surface area contributed by atoms with Crippen LogP contribution in [0.3, 0.4) is 0 Å². The van der Waals surface area contributed by atoms with Crippen LogP contribution in [0.1, 0.15) is 30.9 Å². The van der Waals surface area contributed by atoms with Crippen molar-refractivity contribution in [2.24, 2.45) is 0 Å². The van der Waals surface area contributed by atoms with Crippen LogP contribution >= 0.6 is 12.2 Å². The van der Waals surface area contributed by atoms with E-state index in [1.54, 1.807) is 0 Å². The van der Waals surface area contributed by atoms with Crippen molar-refractivity contribution in [2.45, 2.75) is 26.2 Å². The van der Waals surface area contributed by atoms with E-state index in [0.717, 1.165) is 24.5 Å². The number of benzene rings is 1. The van der Waals surface area contributed by atoms with Crippen LogP contribution in [-0.4, -0.2) is 23.0 Å². The number of hydrogen-bond acceptors (Lipinski definition) is 1. The molecule has 1 aliphatic rings. The zero-order valence-corrected chi connectivity index (χ0v) is 10.0. The first-order chi connectivity index (χ1) is 7.31. The van der Waals surface area contributed by atoms with Crippen molar-refractivity contribution in [2.75, 3.05) is 13.1 Å². The first-order valence-electron chi connectivity index (χ1n) is 5.69. The second kappa shape index (κ2) is 4.75. The maximum absolute atomic E-state index is 5.49. The Hall–Kier alpha value is -0.890. The summed E-state index contributed by atoms with van der Waals surface area (Å²) in [5.74, 6) is 0. The molecule has 1 aliphatic heterocycles. The van der Waals surface area contributed by atoms with Crippen molar-refractivity contribution >= 4 is 17.2 Å². The lowest BCUT2D eigenvalue weighted by atomic mass is 10.1. The van der Waals surface area contributed by atoms with Crippen LogP contribution < -0.4 is 0 Å². The predicted molar refractivity (Wildman–Crippen MR) is 68.3 cm³/mol. The molecule has 80 valence electrons. The Morgan fingerprint density at radius 3 is 2.33 bits per heavy atom. The minimum absolute atomic E-state index is 1.02. The van der Waals surface area contributed by atoms with Gasteiger partial charge in [0, 0.05) is 18.7 Å². The molecule has 2 rings (SSSR count). The molecule has 1 aromatic carbocycles. The fourth-order valence-electron chi connectivity index (χ4n) is 1.99. The first kappa shape index (κ1) is 10.6. The Balaban J connectivity index is 2.11. The summed E-state index contributed by atoms with van der Waals surface area (Å²) in [6.45, 7) is 4.44. The van der Waals surface area contributed by atoms with Gasteiger partial charge in [-0.05, 0) is 24.8 Å². The van der Waals surface area contributed by atoms with Gasteiger partial charge in [-0.2, -0.15) is 0 Å². The average Bonchev–Trinajstić information content (AvgIpc) is 2.82. The highest BCUT2D eigenvalue weighted by atomic mass is 32.1. The normalized spacial score (nSPS) is 15.7. The summed E-state index contributed by atoms with van der Waals surface area (Å²) in [6, 6.07) is 8.66. The van der Waals surface area contributed by atoms with Gasteiger partial charge in [-0.1, -0.05) is 43.4 Å². The van der Waals surface area contributed by atoms with E-state index in [0.29, 0.717) is 0 Å². The van der Waals surface area contributed by atoms with Gasteiger partial charge in [-0.15, -0.1) is 0 Å². The Morgan fingerprint density at radius 1 is 1.20 bits per heavy atom. The molecule has 0 aromatic heterocycles. The van der Waals surface area contributed by atoms with Gasteiger partial charge < -0.3 is 4.90 Å². The van der Waals surface area contributed by atoms with Crippen LogP contribution in [-0.2, 0) is 6.42 Å². The Kier molecular flexibility index (Phi) is 3.37. The average molecular weight is 219 g/mol. The smallest absolute Gasteiger partial charge is 0.109 e. The maximum Gasteiger partial charge on any atom is 0.109 e. The summed E-state index contributed by atoms with van der Waals surface area (Å²) in [4.78, 5) is 3.34. The molecule has 0 aliphatic carbocycles. The summed E-state index contributed by atoms with van der Waals surface area (Å²) in [5, 5.41) is 0. The summed E-state index contributed by atoms with van der Waals surface area (Å²) in [5.41, 5.74) is 2.58. The van der Waals surface area contributed by atoms with E-state index in [1.165, 1.54) is 24.0 Å². The van der Waals surface area contributed by atoms with Crippen LogP contribution in [0.25, 0.3) is 0 Å². The lowest BCUT2D eigenvalue weighted by Crippen LogP contribution is -2.26. The summed E-state index contributed by atoms with van der Waals surface area (Å²) >= 11 is 5.49. The van der Waals surface area contributed by atoms with Crippen molar-refractivity contribution in [1.82, 2.24) is 4.90 Å². The van der Waals surface area contributed by atoms with E-state index in [2.05, 4.69) is 36.1 Å². The number of likely N-dealkylation sites (tertiary alicyclic amines) is 1. The molecule has 1 saturated heterocycles. The predicted octanol–water partition coefficient (Wildman–Crippen LogP) is 3.02.